The highest BCUT2D eigenvalue weighted by Gasteiger charge is 2.27. The van der Waals surface area contributed by atoms with Gasteiger partial charge in [-0.1, -0.05) is 38.1 Å². The summed E-state index contributed by atoms with van der Waals surface area (Å²) >= 11 is 0. The van der Waals surface area contributed by atoms with Crippen LogP contribution in [0.3, 0.4) is 0 Å². The van der Waals surface area contributed by atoms with Crippen molar-refractivity contribution in [2.24, 2.45) is 5.92 Å². The summed E-state index contributed by atoms with van der Waals surface area (Å²) in [4.78, 5) is 45.6. The first kappa shape index (κ1) is 30.0. The monoisotopic (exact) mass is 530 g/mol. The second-order valence-corrected chi connectivity index (χ2v) is 11.2. The third kappa shape index (κ3) is 8.20. The molecule has 2 atom stereocenters. The lowest BCUT2D eigenvalue weighted by Crippen LogP contribution is -2.40. The van der Waals surface area contributed by atoms with Crippen molar-refractivity contribution in [3.05, 3.63) is 87.6 Å². The van der Waals surface area contributed by atoms with Crippen LogP contribution < -0.4 is 10.9 Å². The molecule has 3 aromatic rings. The third-order valence-corrected chi connectivity index (χ3v) is 6.92. The molecule has 7 nitrogen and oxygen atoms in total. The molecule has 0 saturated heterocycles. The molecule has 2 heterocycles. The van der Waals surface area contributed by atoms with Gasteiger partial charge in [0.05, 0.1) is 6.04 Å². The standard InChI is InChI=1S/C32H42N4O3/c1-21(2)15-29(36-20-25(11-12-30(36)38)13-14-35(6)7)32(39)34-28(16-24(5)37)26-17-27(19-33-18-26)31-22(3)9-8-10-23(31)4/h8-12,17-21,28-29H,13-16H2,1-7H3,(H,34,39)/t28-,29?/m0/s1. The zero-order valence-corrected chi connectivity index (χ0v) is 24.3. The first-order chi connectivity index (χ1) is 18.5. The van der Waals surface area contributed by atoms with Crippen LogP contribution in [0.25, 0.3) is 11.1 Å². The molecule has 0 saturated carbocycles. The number of hydrogen-bond acceptors (Lipinski definition) is 5. The van der Waals surface area contributed by atoms with Gasteiger partial charge in [0.15, 0.2) is 0 Å². The van der Waals surface area contributed by atoms with Gasteiger partial charge in [0.1, 0.15) is 11.8 Å². The number of carbonyl (C=O) groups excluding carboxylic acids is 2. The van der Waals surface area contributed by atoms with E-state index in [2.05, 4.69) is 41.2 Å². The fourth-order valence-electron chi connectivity index (χ4n) is 4.95. The zero-order valence-electron chi connectivity index (χ0n) is 24.3. The maximum absolute atomic E-state index is 13.8. The predicted molar refractivity (Wildman–Crippen MR) is 157 cm³/mol. The van der Waals surface area contributed by atoms with E-state index in [4.69, 9.17) is 0 Å². The number of hydrogen-bond donors (Lipinski definition) is 1. The zero-order chi connectivity index (χ0) is 28.7. The molecule has 0 aliphatic heterocycles. The van der Waals surface area contributed by atoms with Crippen molar-refractivity contribution in [3.63, 3.8) is 0 Å². The largest absolute Gasteiger partial charge is 0.347 e. The summed E-state index contributed by atoms with van der Waals surface area (Å²) < 4.78 is 1.55. The molecular formula is C32H42N4O3. The van der Waals surface area contributed by atoms with Crippen LogP contribution in [-0.2, 0) is 16.0 Å². The van der Waals surface area contributed by atoms with E-state index in [-0.39, 0.29) is 29.6 Å². The number of aryl methyl sites for hydroxylation is 2. The highest BCUT2D eigenvalue weighted by atomic mass is 16.2. The minimum Gasteiger partial charge on any atom is -0.347 e. The van der Waals surface area contributed by atoms with Gasteiger partial charge < -0.3 is 14.8 Å². The Bertz CT molecular complexity index is 1340. The van der Waals surface area contributed by atoms with Gasteiger partial charge in [-0.25, -0.2) is 0 Å². The summed E-state index contributed by atoms with van der Waals surface area (Å²) in [5.74, 6) is -0.140. The topological polar surface area (TPSA) is 84.3 Å². The number of nitrogens with one attached hydrogen (secondary N) is 1. The number of aromatic nitrogens is 2. The Labute approximate surface area is 232 Å². The Hall–Kier alpha value is -3.58. The molecule has 0 aliphatic rings. The number of benzene rings is 1. The maximum atomic E-state index is 13.8. The minimum absolute atomic E-state index is 0.0407. The van der Waals surface area contributed by atoms with Gasteiger partial charge >= 0.3 is 0 Å². The smallest absolute Gasteiger partial charge is 0.251 e. The number of rotatable bonds is 12. The number of Topliss-reactive ketones (excluding diaryl/α,β-unsaturated/α-hetero) is 1. The summed E-state index contributed by atoms with van der Waals surface area (Å²) in [7, 11) is 4.01. The summed E-state index contributed by atoms with van der Waals surface area (Å²) in [5.41, 5.74) is 5.84. The Morgan fingerprint density at radius 2 is 1.74 bits per heavy atom. The fourth-order valence-corrected chi connectivity index (χ4v) is 4.95. The lowest BCUT2D eigenvalue weighted by molar-refractivity contribution is -0.126. The molecule has 0 aliphatic carbocycles. The summed E-state index contributed by atoms with van der Waals surface area (Å²) in [6.07, 6.45) is 6.73. The Kier molecular flexibility index (Phi) is 10.4. The molecule has 1 amide bonds. The molecule has 0 fully saturated rings. The molecule has 39 heavy (non-hydrogen) atoms. The van der Waals surface area contributed by atoms with Crippen LogP contribution in [0, 0.1) is 19.8 Å². The van der Waals surface area contributed by atoms with E-state index in [1.807, 2.05) is 58.5 Å². The van der Waals surface area contributed by atoms with E-state index in [0.29, 0.717) is 6.42 Å². The molecule has 1 aromatic carbocycles. The van der Waals surface area contributed by atoms with Gasteiger partial charge in [-0.3, -0.25) is 19.4 Å². The molecule has 2 aromatic heterocycles. The normalized spacial score (nSPS) is 12.9. The first-order valence-electron chi connectivity index (χ1n) is 13.6. The highest BCUT2D eigenvalue weighted by Crippen LogP contribution is 2.30. The molecule has 7 heteroatoms. The van der Waals surface area contributed by atoms with Gasteiger partial charge in [-0.15, -0.1) is 0 Å². The van der Waals surface area contributed by atoms with Gasteiger partial charge in [-0.2, -0.15) is 0 Å². The average Bonchev–Trinajstić information content (AvgIpc) is 2.86. The number of amides is 1. The van der Waals surface area contributed by atoms with Crippen molar-refractivity contribution >= 4 is 11.7 Å². The van der Waals surface area contributed by atoms with Gasteiger partial charge in [0.2, 0.25) is 5.91 Å². The van der Waals surface area contributed by atoms with Crippen LogP contribution in [0.2, 0.25) is 0 Å². The molecule has 0 radical (unpaired) electrons. The van der Waals surface area contributed by atoms with E-state index in [0.717, 1.165) is 46.3 Å². The molecular weight excluding hydrogens is 488 g/mol. The highest BCUT2D eigenvalue weighted by molar-refractivity contribution is 5.83. The Morgan fingerprint density at radius 1 is 1.05 bits per heavy atom. The van der Waals surface area contributed by atoms with E-state index in [9.17, 15) is 14.4 Å². The van der Waals surface area contributed by atoms with Crippen LogP contribution in [0.4, 0.5) is 0 Å². The SMILES string of the molecule is CC(=O)C[C@H](NC(=O)C(CC(C)C)n1cc(CCN(C)C)ccc1=O)c1cncc(-c2c(C)cccc2C)c1. The maximum Gasteiger partial charge on any atom is 0.251 e. The van der Waals surface area contributed by atoms with Gasteiger partial charge in [0, 0.05) is 43.2 Å². The molecule has 1 N–H and O–H groups in total. The van der Waals surface area contributed by atoms with E-state index >= 15 is 0 Å². The Morgan fingerprint density at radius 3 is 2.36 bits per heavy atom. The predicted octanol–water partition coefficient (Wildman–Crippen LogP) is 5.06. The second-order valence-electron chi connectivity index (χ2n) is 11.2. The van der Waals surface area contributed by atoms with E-state index in [1.165, 1.54) is 13.0 Å². The number of likely N-dealkylation sites (N-methyl/N-ethyl adjacent to an activating group) is 1. The molecule has 1 unspecified atom stereocenters. The second kappa shape index (κ2) is 13.5. The van der Waals surface area contributed by atoms with Crippen LogP contribution in [0.5, 0.6) is 0 Å². The minimum atomic E-state index is -0.694. The first-order valence-corrected chi connectivity index (χ1v) is 13.6. The van der Waals surface area contributed by atoms with Crippen molar-refractivity contribution in [2.45, 2.75) is 66.0 Å². The summed E-state index contributed by atoms with van der Waals surface area (Å²) in [5, 5.41) is 3.11. The van der Waals surface area contributed by atoms with Crippen LogP contribution >= 0.6 is 0 Å². The van der Waals surface area contributed by atoms with Crippen molar-refractivity contribution in [1.29, 1.82) is 0 Å². The fraction of sp³-hybridized carbons (Fsp3) is 0.438. The molecule has 0 spiro atoms. The molecule has 0 bridgehead atoms. The van der Waals surface area contributed by atoms with E-state index < -0.39 is 12.1 Å². The summed E-state index contributed by atoms with van der Waals surface area (Å²) in [6, 6.07) is 10.3. The number of pyridine rings is 2. The van der Waals surface area contributed by atoms with Gasteiger partial charge in [0.25, 0.3) is 5.56 Å². The third-order valence-electron chi connectivity index (χ3n) is 6.92. The molecule has 208 valence electrons. The number of ketones is 1. The molecule has 3 rings (SSSR count). The number of nitrogens with zero attached hydrogens (tertiary/aromatic N) is 3. The quantitative estimate of drug-likeness (QED) is 0.354. The van der Waals surface area contributed by atoms with Crippen LogP contribution in [-0.4, -0.2) is 46.8 Å². The average molecular weight is 531 g/mol. The summed E-state index contributed by atoms with van der Waals surface area (Å²) in [6.45, 7) is 10.5. The van der Waals surface area contributed by atoms with Crippen molar-refractivity contribution < 1.29 is 9.59 Å². The lowest BCUT2D eigenvalue weighted by Gasteiger charge is -2.26. The van der Waals surface area contributed by atoms with Gasteiger partial charge in [-0.05, 0) is 87.5 Å². The van der Waals surface area contributed by atoms with Crippen LogP contribution in [0.1, 0.15) is 68.0 Å². The Balaban J connectivity index is 1.97. The van der Waals surface area contributed by atoms with Crippen molar-refractivity contribution in [3.8, 4) is 11.1 Å². The van der Waals surface area contributed by atoms with E-state index in [1.54, 1.807) is 10.8 Å². The number of carbonyl (C=O) groups is 2. The lowest BCUT2D eigenvalue weighted by atomic mass is 9.94. The van der Waals surface area contributed by atoms with Crippen LogP contribution in [0.15, 0.2) is 59.8 Å². The van der Waals surface area contributed by atoms with Crippen molar-refractivity contribution in [2.75, 3.05) is 20.6 Å². The van der Waals surface area contributed by atoms with Crippen molar-refractivity contribution in [1.82, 2.24) is 19.8 Å².